The third-order valence-electron chi connectivity index (χ3n) is 2.69. The van der Waals surface area contributed by atoms with Crippen molar-refractivity contribution < 1.29 is 14.3 Å². The molecule has 0 fully saturated rings. The van der Waals surface area contributed by atoms with Crippen LogP contribution < -0.4 is 20.5 Å². The van der Waals surface area contributed by atoms with Gasteiger partial charge in [-0.3, -0.25) is 4.79 Å². The molecular formula is C13H18N2O3S. The fourth-order valence-corrected chi connectivity index (χ4v) is 1.46. The summed E-state index contributed by atoms with van der Waals surface area (Å²) < 4.78 is 10.3. The van der Waals surface area contributed by atoms with Crippen LogP contribution in [0, 0.1) is 0 Å². The Labute approximate surface area is 118 Å². The molecule has 0 aliphatic rings. The molecule has 104 valence electrons. The lowest BCUT2D eigenvalue weighted by Crippen LogP contribution is -2.52. The second kappa shape index (κ2) is 5.88. The van der Waals surface area contributed by atoms with E-state index in [9.17, 15) is 4.79 Å². The Morgan fingerprint density at radius 3 is 2.42 bits per heavy atom. The van der Waals surface area contributed by atoms with E-state index in [4.69, 9.17) is 27.4 Å². The van der Waals surface area contributed by atoms with Crippen molar-refractivity contribution in [1.82, 2.24) is 5.32 Å². The van der Waals surface area contributed by atoms with Gasteiger partial charge in [0.2, 0.25) is 0 Å². The normalized spacial score (nSPS) is 10.7. The molecule has 1 amide bonds. The van der Waals surface area contributed by atoms with E-state index in [1.165, 1.54) is 14.2 Å². The first kappa shape index (κ1) is 15.2. The Hall–Kier alpha value is -1.82. The lowest BCUT2D eigenvalue weighted by atomic mass is 10.0. The van der Waals surface area contributed by atoms with E-state index in [0.29, 0.717) is 17.1 Å². The smallest absolute Gasteiger partial charge is 0.255 e. The summed E-state index contributed by atoms with van der Waals surface area (Å²) in [6.07, 6.45) is 0. The number of rotatable bonds is 5. The van der Waals surface area contributed by atoms with Gasteiger partial charge in [0.05, 0.1) is 30.3 Å². The van der Waals surface area contributed by atoms with E-state index in [2.05, 4.69) is 5.32 Å². The minimum absolute atomic E-state index is 0.211. The number of benzene rings is 1. The quantitative estimate of drug-likeness (QED) is 0.801. The maximum Gasteiger partial charge on any atom is 0.255 e. The minimum Gasteiger partial charge on any atom is -0.497 e. The van der Waals surface area contributed by atoms with E-state index >= 15 is 0 Å². The van der Waals surface area contributed by atoms with Crippen molar-refractivity contribution in [3.05, 3.63) is 23.8 Å². The van der Waals surface area contributed by atoms with Crippen molar-refractivity contribution in [2.45, 2.75) is 19.4 Å². The van der Waals surface area contributed by atoms with Crippen LogP contribution in [-0.2, 0) is 0 Å². The summed E-state index contributed by atoms with van der Waals surface area (Å²) in [4.78, 5) is 12.5. The number of carbonyl (C=O) groups excluding carboxylic acids is 1. The van der Waals surface area contributed by atoms with Crippen molar-refractivity contribution in [3.8, 4) is 11.5 Å². The molecule has 0 bridgehead atoms. The van der Waals surface area contributed by atoms with Gasteiger partial charge in [0.15, 0.2) is 0 Å². The number of nitrogens with two attached hydrogens (primary N) is 1. The van der Waals surface area contributed by atoms with Crippen LogP contribution in [0.2, 0.25) is 0 Å². The van der Waals surface area contributed by atoms with Crippen molar-refractivity contribution in [1.29, 1.82) is 0 Å². The van der Waals surface area contributed by atoms with Crippen LogP contribution in [0.4, 0.5) is 0 Å². The summed E-state index contributed by atoms with van der Waals surface area (Å²) in [7, 11) is 3.03. The molecule has 3 N–H and O–H groups in total. The van der Waals surface area contributed by atoms with Crippen LogP contribution in [-0.4, -0.2) is 30.7 Å². The van der Waals surface area contributed by atoms with E-state index in [1.807, 2.05) is 0 Å². The van der Waals surface area contributed by atoms with Crippen molar-refractivity contribution >= 4 is 23.1 Å². The molecule has 1 aromatic carbocycles. The van der Waals surface area contributed by atoms with Crippen molar-refractivity contribution in [3.63, 3.8) is 0 Å². The Morgan fingerprint density at radius 1 is 1.32 bits per heavy atom. The van der Waals surface area contributed by atoms with E-state index in [1.54, 1.807) is 32.0 Å². The number of thiocarbonyl (C=S) groups is 1. The summed E-state index contributed by atoms with van der Waals surface area (Å²) in [5.74, 6) is 0.699. The van der Waals surface area contributed by atoms with Crippen LogP contribution in [0.25, 0.3) is 0 Å². The molecule has 0 radical (unpaired) electrons. The Bertz CT molecular complexity index is 501. The molecule has 0 aliphatic carbocycles. The van der Waals surface area contributed by atoms with Gasteiger partial charge in [-0.2, -0.15) is 0 Å². The number of hydrogen-bond acceptors (Lipinski definition) is 4. The van der Waals surface area contributed by atoms with Crippen LogP contribution in [0.15, 0.2) is 18.2 Å². The average molecular weight is 282 g/mol. The highest BCUT2D eigenvalue weighted by atomic mass is 32.1. The summed E-state index contributed by atoms with van der Waals surface area (Å²) >= 11 is 4.92. The molecule has 0 heterocycles. The van der Waals surface area contributed by atoms with Gasteiger partial charge in [-0.05, 0) is 32.0 Å². The third-order valence-corrected chi connectivity index (χ3v) is 3.20. The monoisotopic (exact) mass is 282 g/mol. The fraction of sp³-hybridized carbons (Fsp3) is 0.385. The first-order chi connectivity index (χ1) is 8.81. The minimum atomic E-state index is -0.777. The van der Waals surface area contributed by atoms with Crippen LogP contribution in [0.1, 0.15) is 24.2 Å². The molecule has 0 atom stereocenters. The number of methoxy groups -OCH3 is 2. The van der Waals surface area contributed by atoms with Gasteiger partial charge in [-0.15, -0.1) is 0 Å². The zero-order chi connectivity index (χ0) is 14.6. The number of ether oxygens (including phenoxy) is 2. The molecule has 6 heteroatoms. The molecule has 1 rings (SSSR count). The zero-order valence-electron chi connectivity index (χ0n) is 11.4. The standard InChI is InChI=1S/C13H18N2O3S/c1-13(2,12(14)19)15-11(16)9-7-8(17-3)5-6-10(9)18-4/h5-7H,1-4H3,(H2,14,19)(H,15,16). The van der Waals surface area contributed by atoms with Gasteiger partial charge < -0.3 is 20.5 Å². The third kappa shape index (κ3) is 3.57. The van der Waals surface area contributed by atoms with E-state index in [0.717, 1.165) is 0 Å². The number of carbonyl (C=O) groups is 1. The van der Waals surface area contributed by atoms with E-state index < -0.39 is 5.54 Å². The Morgan fingerprint density at radius 2 is 1.95 bits per heavy atom. The zero-order valence-corrected chi connectivity index (χ0v) is 12.3. The van der Waals surface area contributed by atoms with Crippen LogP contribution in [0.5, 0.6) is 11.5 Å². The first-order valence-corrected chi connectivity index (χ1v) is 6.07. The SMILES string of the molecule is COc1ccc(OC)c(C(=O)NC(C)(C)C(N)=S)c1. The molecule has 1 aromatic rings. The van der Waals surface area contributed by atoms with Gasteiger partial charge in [-0.1, -0.05) is 12.2 Å². The van der Waals surface area contributed by atoms with Gasteiger partial charge in [0, 0.05) is 0 Å². The van der Waals surface area contributed by atoms with Gasteiger partial charge >= 0.3 is 0 Å². The molecule has 0 saturated heterocycles. The number of nitrogens with one attached hydrogen (secondary N) is 1. The molecular weight excluding hydrogens is 264 g/mol. The predicted octanol–water partition coefficient (Wildman–Crippen LogP) is 1.50. The van der Waals surface area contributed by atoms with E-state index in [-0.39, 0.29) is 10.9 Å². The predicted molar refractivity (Wildman–Crippen MR) is 77.9 cm³/mol. The first-order valence-electron chi connectivity index (χ1n) is 5.66. The maximum atomic E-state index is 12.3. The molecule has 19 heavy (non-hydrogen) atoms. The molecule has 0 aliphatic heterocycles. The van der Waals surface area contributed by atoms with Crippen molar-refractivity contribution in [2.75, 3.05) is 14.2 Å². The molecule has 0 spiro atoms. The molecule has 0 aromatic heterocycles. The number of amides is 1. The second-order valence-corrected chi connectivity index (χ2v) is 4.95. The second-order valence-electron chi connectivity index (χ2n) is 4.51. The topological polar surface area (TPSA) is 73.6 Å². The lowest BCUT2D eigenvalue weighted by molar-refractivity contribution is 0.0929. The summed E-state index contributed by atoms with van der Waals surface area (Å²) in [5, 5.41) is 2.76. The Kier molecular flexibility index (Phi) is 4.72. The maximum absolute atomic E-state index is 12.3. The fourth-order valence-electron chi connectivity index (χ4n) is 1.40. The number of hydrogen-bond donors (Lipinski definition) is 2. The molecule has 5 nitrogen and oxygen atoms in total. The average Bonchev–Trinajstić information content (AvgIpc) is 2.37. The molecule has 0 unspecified atom stereocenters. The van der Waals surface area contributed by atoms with Crippen molar-refractivity contribution in [2.24, 2.45) is 5.73 Å². The molecule has 0 saturated carbocycles. The van der Waals surface area contributed by atoms with Gasteiger partial charge in [0.25, 0.3) is 5.91 Å². The summed E-state index contributed by atoms with van der Waals surface area (Å²) in [6.45, 7) is 3.47. The highest BCUT2D eigenvalue weighted by Crippen LogP contribution is 2.24. The lowest BCUT2D eigenvalue weighted by Gasteiger charge is -2.25. The Balaban J connectivity index is 3.08. The van der Waals surface area contributed by atoms with Gasteiger partial charge in [-0.25, -0.2) is 0 Å². The summed E-state index contributed by atoms with van der Waals surface area (Å²) in [5.41, 5.74) is 5.17. The summed E-state index contributed by atoms with van der Waals surface area (Å²) in [6, 6.07) is 4.99. The largest absolute Gasteiger partial charge is 0.497 e. The van der Waals surface area contributed by atoms with Gasteiger partial charge in [0.1, 0.15) is 11.5 Å². The highest BCUT2D eigenvalue weighted by Gasteiger charge is 2.25. The van der Waals surface area contributed by atoms with Crippen LogP contribution >= 0.6 is 12.2 Å². The highest BCUT2D eigenvalue weighted by molar-refractivity contribution is 7.80. The van der Waals surface area contributed by atoms with Crippen LogP contribution in [0.3, 0.4) is 0 Å².